The van der Waals surface area contributed by atoms with Crippen molar-refractivity contribution in [1.29, 1.82) is 0 Å². The molecular formula is C20H22N4O2. The van der Waals surface area contributed by atoms with Crippen LogP contribution in [-0.4, -0.2) is 44.8 Å². The summed E-state index contributed by atoms with van der Waals surface area (Å²) in [4.78, 5) is 19.0. The van der Waals surface area contributed by atoms with Gasteiger partial charge in [0.2, 0.25) is 0 Å². The molecule has 1 aliphatic rings. The maximum Gasteiger partial charge on any atom is 0.272 e. The predicted molar refractivity (Wildman–Crippen MR) is 99.2 cm³/mol. The summed E-state index contributed by atoms with van der Waals surface area (Å²) < 4.78 is 7.87. The third-order valence-corrected chi connectivity index (χ3v) is 4.84. The Kier molecular flexibility index (Phi) is 4.32. The fourth-order valence-electron chi connectivity index (χ4n) is 3.50. The Hall–Kier alpha value is -2.89. The molecule has 0 saturated carbocycles. The van der Waals surface area contributed by atoms with E-state index in [1.54, 1.807) is 10.9 Å². The summed E-state index contributed by atoms with van der Waals surface area (Å²) in [6.45, 7) is 3.27. The van der Waals surface area contributed by atoms with Crippen LogP contribution in [0.25, 0.3) is 10.9 Å². The summed E-state index contributed by atoms with van der Waals surface area (Å²) >= 11 is 0. The van der Waals surface area contributed by atoms with Crippen LogP contribution in [-0.2, 0) is 7.05 Å². The number of aromatic nitrogens is 3. The molecule has 4 rings (SSSR count). The molecule has 0 bridgehead atoms. The molecule has 1 fully saturated rings. The lowest BCUT2D eigenvalue weighted by atomic mass is 10.1. The van der Waals surface area contributed by atoms with Crippen LogP contribution in [0.1, 0.15) is 29.0 Å². The van der Waals surface area contributed by atoms with Crippen LogP contribution in [0.5, 0.6) is 5.75 Å². The van der Waals surface area contributed by atoms with E-state index < -0.39 is 0 Å². The third kappa shape index (κ3) is 3.14. The van der Waals surface area contributed by atoms with Crippen molar-refractivity contribution in [2.24, 2.45) is 7.05 Å². The Bertz CT molecular complexity index is 937. The summed E-state index contributed by atoms with van der Waals surface area (Å²) in [5.74, 6) is 0.855. The molecule has 1 saturated heterocycles. The normalized spacial score (nSPS) is 15.4. The van der Waals surface area contributed by atoms with Crippen molar-refractivity contribution < 1.29 is 9.53 Å². The van der Waals surface area contributed by atoms with Crippen molar-refractivity contribution in [3.8, 4) is 5.75 Å². The van der Waals surface area contributed by atoms with Crippen LogP contribution in [0.2, 0.25) is 0 Å². The van der Waals surface area contributed by atoms with Gasteiger partial charge >= 0.3 is 0 Å². The number of benzene rings is 1. The molecule has 0 N–H and O–H groups in total. The first-order chi connectivity index (χ1) is 12.6. The SMILES string of the molecule is Cc1cc(C(=O)N2CCC(Oc3cccc4cccnc34)CC2)n(C)n1. The zero-order valence-electron chi connectivity index (χ0n) is 15.1. The molecule has 1 amide bonds. The molecule has 0 unspecified atom stereocenters. The van der Waals surface area contributed by atoms with Gasteiger partial charge in [0.05, 0.1) is 5.69 Å². The van der Waals surface area contributed by atoms with Crippen molar-refractivity contribution in [1.82, 2.24) is 19.7 Å². The summed E-state index contributed by atoms with van der Waals surface area (Å²) in [6.07, 6.45) is 3.50. The van der Waals surface area contributed by atoms with Gasteiger partial charge in [-0.2, -0.15) is 5.10 Å². The Morgan fingerprint density at radius 1 is 1.19 bits per heavy atom. The molecule has 134 valence electrons. The maximum absolute atomic E-state index is 12.7. The van der Waals surface area contributed by atoms with Gasteiger partial charge in [0.25, 0.3) is 5.91 Å². The fourth-order valence-corrected chi connectivity index (χ4v) is 3.50. The standard InChI is InChI=1S/C20H22N4O2/c1-14-13-17(23(2)22-14)20(25)24-11-8-16(9-12-24)26-18-7-3-5-15-6-4-10-21-19(15)18/h3-7,10,13,16H,8-9,11-12H2,1-2H3. The first-order valence-electron chi connectivity index (χ1n) is 8.92. The number of amides is 1. The van der Waals surface area contributed by atoms with Crippen molar-refractivity contribution in [3.05, 3.63) is 54.0 Å². The molecule has 0 spiro atoms. The topological polar surface area (TPSA) is 60.3 Å². The number of hydrogen-bond acceptors (Lipinski definition) is 4. The number of likely N-dealkylation sites (tertiary alicyclic amines) is 1. The van der Waals surface area contributed by atoms with Gasteiger partial charge in [-0.25, -0.2) is 0 Å². The number of piperidine rings is 1. The van der Waals surface area contributed by atoms with E-state index in [2.05, 4.69) is 10.1 Å². The molecule has 1 aromatic carbocycles. The van der Waals surface area contributed by atoms with Crippen molar-refractivity contribution in [3.63, 3.8) is 0 Å². The molecule has 0 aliphatic carbocycles. The van der Waals surface area contributed by atoms with Crippen LogP contribution in [0.3, 0.4) is 0 Å². The van der Waals surface area contributed by atoms with E-state index in [-0.39, 0.29) is 12.0 Å². The highest BCUT2D eigenvalue weighted by Crippen LogP contribution is 2.26. The number of hydrogen-bond donors (Lipinski definition) is 0. The van der Waals surface area contributed by atoms with Gasteiger partial charge in [0, 0.05) is 44.6 Å². The summed E-state index contributed by atoms with van der Waals surface area (Å²) in [5, 5.41) is 5.34. The van der Waals surface area contributed by atoms with E-state index in [0.29, 0.717) is 18.8 Å². The number of nitrogens with zero attached hydrogens (tertiary/aromatic N) is 4. The molecule has 3 heterocycles. The van der Waals surface area contributed by atoms with E-state index in [4.69, 9.17) is 4.74 Å². The lowest BCUT2D eigenvalue weighted by Crippen LogP contribution is -2.42. The quantitative estimate of drug-likeness (QED) is 0.729. The summed E-state index contributed by atoms with van der Waals surface area (Å²) in [7, 11) is 1.81. The van der Waals surface area contributed by atoms with Gasteiger partial charge in [0.15, 0.2) is 0 Å². The summed E-state index contributed by atoms with van der Waals surface area (Å²) in [5.41, 5.74) is 2.39. The number of ether oxygens (including phenoxy) is 1. The lowest BCUT2D eigenvalue weighted by Gasteiger charge is -2.32. The minimum atomic E-state index is 0.0402. The molecule has 0 radical (unpaired) electrons. The van der Waals surface area contributed by atoms with E-state index >= 15 is 0 Å². The van der Waals surface area contributed by atoms with E-state index in [1.807, 2.05) is 55.3 Å². The molecule has 6 nitrogen and oxygen atoms in total. The third-order valence-electron chi connectivity index (χ3n) is 4.84. The van der Waals surface area contributed by atoms with Gasteiger partial charge in [-0.15, -0.1) is 0 Å². The van der Waals surface area contributed by atoms with Crippen molar-refractivity contribution in [2.75, 3.05) is 13.1 Å². The molecule has 0 atom stereocenters. The van der Waals surface area contributed by atoms with E-state index in [9.17, 15) is 4.79 Å². The Labute approximate surface area is 152 Å². The summed E-state index contributed by atoms with van der Waals surface area (Å²) in [6, 6.07) is 11.8. The Balaban J connectivity index is 1.42. The highest BCUT2D eigenvalue weighted by molar-refractivity contribution is 5.92. The first-order valence-corrected chi connectivity index (χ1v) is 8.92. The van der Waals surface area contributed by atoms with Gasteiger partial charge in [-0.3, -0.25) is 14.5 Å². The number of pyridine rings is 1. The van der Waals surface area contributed by atoms with Gasteiger partial charge in [0.1, 0.15) is 23.1 Å². The highest BCUT2D eigenvalue weighted by Gasteiger charge is 2.26. The number of fused-ring (bicyclic) bond motifs is 1. The monoisotopic (exact) mass is 350 g/mol. The second kappa shape index (κ2) is 6.78. The second-order valence-electron chi connectivity index (χ2n) is 6.74. The van der Waals surface area contributed by atoms with Crippen molar-refractivity contribution >= 4 is 16.8 Å². The van der Waals surface area contributed by atoms with Crippen LogP contribution in [0.4, 0.5) is 0 Å². The Morgan fingerprint density at radius 2 is 1.96 bits per heavy atom. The zero-order chi connectivity index (χ0) is 18.1. The molecule has 2 aromatic heterocycles. The van der Waals surface area contributed by atoms with Crippen LogP contribution in [0, 0.1) is 6.92 Å². The smallest absolute Gasteiger partial charge is 0.272 e. The number of carbonyl (C=O) groups is 1. The maximum atomic E-state index is 12.7. The fraction of sp³-hybridized carbons (Fsp3) is 0.350. The minimum Gasteiger partial charge on any atom is -0.488 e. The molecule has 3 aromatic rings. The zero-order valence-corrected chi connectivity index (χ0v) is 15.1. The van der Waals surface area contributed by atoms with Gasteiger partial charge in [-0.1, -0.05) is 18.2 Å². The largest absolute Gasteiger partial charge is 0.488 e. The van der Waals surface area contributed by atoms with Crippen LogP contribution >= 0.6 is 0 Å². The first kappa shape index (κ1) is 16.6. The molecular weight excluding hydrogens is 328 g/mol. The van der Waals surface area contributed by atoms with Gasteiger partial charge < -0.3 is 9.64 Å². The van der Waals surface area contributed by atoms with E-state index in [0.717, 1.165) is 35.2 Å². The predicted octanol–water partition coefficient (Wildman–Crippen LogP) is 2.96. The average Bonchev–Trinajstić information content (AvgIpc) is 3.00. The van der Waals surface area contributed by atoms with Crippen LogP contribution in [0.15, 0.2) is 42.6 Å². The Morgan fingerprint density at radius 3 is 2.69 bits per heavy atom. The number of rotatable bonds is 3. The molecule has 6 heteroatoms. The minimum absolute atomic E-state index is 0.0402. The van der Waals surface area contributed by atoms with E-state index in [1.165, 1.54) is 0 Å². The average molecular weight is 350 g/mol. The lowest BCUT2D eigenvalue weighted by molar-refractivity contribution is 0.0587. The van der Waals surface area contributed by atoms with Crippen LogP contribution < -0.4 is 4.74 Å². The number of aryl methyl sites for hydroxylation is 2. The highest BCUT2D eigenvalue weighted by atomic mass is 16.5. The molecule has 26 heavy (non-hydrogen) atoms. The molecule has 1 aliphatic heterocycles. The number of carbonyl (C=O) groups excluding carboxylic acids is 1. The van der Waals surface area contributed by atoms with Crippen molar-refractivity contribution in [2.45, 2.75) is 25.9 Å². The number of para-hydroxylation sites is 1. The van der Waals surface area contributed by atoms with Gasteiger partial charge in [-0.05, 0) is 25.1 Å². The second-order valence-corrected chi connectivity index (χ2v) is 6.74.